The maximum Gasteiger partial charge on any atom is 0.241 e. The van der Waals surface area contributed by atoms with Crippen molar-refractivity contribution in [2.24, 2.45) is 0 Å². The summed E-state index contributed by atoms with van der Waals surface area (Å²) in [4.78, 5) is 17.3. The van der Waals surface area contributed by atoms with Gasteiger partial charge < -0.3 is 15.0 Å². The van der Waals surface area contributed by atoms with Crippen molar-refractivity contribution in [2.45, 2.75) is 38.8 Å². The molecule has 0 aliphatic carbocycles. The molecule has 0 saturated carbocycles. The molecule has 28 heavy (non-hydrogen) atoms. The number of nitrogens with zero attached hydrogens (tertiary/aromatic N) is 2. The Bertz CT molecular complexity index is 770. The third kappa shape index (κ3) is 5.04. The number of rotatable bonds is 7. The van der Waals surface area contributed by atoms with E-state index < -0.39 is 0 Å². The third-order valence-electron chi connectivity index (χ3n) is 5.51. The van der Waals surface area contributed by atoms with Crippen LogP contribution in [0.5, 0.6) is 5.75 Å². The van der Waals surface area contributed by atoms with E-state index >= 15 is 0 Å². The van der Waals surface area contributed by atoms with E-state index in [-0.39, 0.29) is 11.9 Å². The van der Waals surface area contributed by atoms with E-state index in [2.05, 4.69) is 39.4 Å². The predicted octanol–water partition coefficient (Wildman–Crippen LogP) is 4.14. The summed E-state index contributed by atoms with van der Waals surface area (Å²) in [6, 6.07) is 15.7. The van der Waals surface area contributed by atoms with Gasteiger partial charge in [-0.2, -0.15) is 0 Å². The molecule has 1 atom stereocenters. The minimum absolute atomic E-state index is 0.0110. The minimum atomic E-state index is -0.239. The lowest BCUT2D eigenvalue weighted by atomic mass is 10.1. The number of anilines is 2. The van der Waals surface area contributed by atoms with Crippen LogP contribution in [0.25, 0.3) is 0 Å². The third-order valence-corrected chi connectivity index (χ3v) is 5.51. The Morgan fingerprint density at radius 1 is 1.11 bits per heavy atom. The number of amides is 1. The average Bonchev–Trinajstić information content (AvgIpc) is 2.74. The minimum Gasteiger partial charge on any atom is -0.497 e. The van der Waals surface area contributed by atoms with Gasteiger partial charge in [-0.1, -0.05) is 18.2 Å². The van der Waals surface area contributed by atoms with Crippen LogP contribution >= 0.6 is 0 Å². The summed E-state index contributed by atoms with van der Waals surface area (Å²) in [7, 11) is 3.64. The lowest BCUT2D eigenvalue weighted by Crippen LogP contribution is -2.39. The van der Waals surface area contributed by atoms with Crippen LogP contribution < -0.4 is 15.0 Å². The molecule has 1 heterocycles. The van der Waals surface area contributed by atoms with Crippen molar-refractivity contribution in [1.82, 2.24) is 4.90 Å². The average molecular weight is 382 g/mol. The van der Waals surface area contributed by atoms with E-state index in [0.29, 0.717) is 0 Å². The van der Waals surface area contributed by atoms with Crippen molar-refractivity contribution in [3.8, 4) is 5.75 Å². The number of piperidine rings is 1. The van der Waals surface area contributed by atoms with Gasteiger partial charge >= 0.3 is 0 Å². The van der Waals surface area contributed by atoms with E-state index in [1.807, 2.05) is 38.2 Å². The second-order valence-corrected chi connectivity index (χ2v) is 7.49. The lowest BCUT2D eigenvalue weighted by molar-refractivity contribution is -0.120. The highest BCUT2D eigenvalue weighted by Crippen LogP contribution is 2.25. The van der Waals surface area contributed by atoms with Crippen molar-refractivity contribution in [2.75, 3.05) is 37.5 Å². The van der Waals surface area contributed by atoms with E-state index in [0.717, 1.165) is 31.1 Å². The zero-order valence-electron chi connectivity index (χ0n) is 17.1. The van der Waals surface area contributed by atoms with Gasteiger partial charge in [0.1, 0.15) is 5.75 Å². The van der Waals surface area contributed by atoms with Gasteiger partial charge in [0.15, 0.2) is 0 Å². The van der Waals surface area contributed by atoms with Crippen LogP contribution in [0.15, 0.2) is 48.5 Å². The second kappa shape index (κ2) is 9.60. The highest BCUT2D eigenvalue weighted by molar-refractivity contribution is 5.94. The smallest absolute Gasteiger partial charge is 0.241 e. The van der Waals surface area contributed by atoms with Crippen LogP contribution in [-0.2, 0) is 11.3 Å². The topological polar surface area (TPSA) is 44.8 Å². The fourth-order valence-corrected chi connectivity index (χ4v) is 3.61. The van der Waals surface area contributed by atoms with Gasteiger partial charge in [-0.3, -0.25) is 9.69 Å². The van der Waals surface area contributed by atoms with Gasteiger partial charge in [-0.25, -0.2) is 0 Å². The predicted molar refractivity (Wildman–Crippen MR) is 115 cm³/mol. The van der Waals surface area contributed by atoms with Crippen LogP contribution in [0.1, 0.15) is 31.7 Å². The summed E-state index contributed by atoms with van der Waals surface area (Å²) < 4.78 is 5.16. The molecule has 1 aliphatic heterocycles. The molecule has 1 unspecified atom stereocenters. The van der Waals surface area contributed by atoms with Gasteiger partial charge in [-0.05, 0) is 69.1 Å². The number of carbonyl (C=O) groups excluding carboxylic acids is 1. The molecule has 1 saturated heterocycles. The van der Waals surface area contributed by atoms with Crippen molar-refractivity contribution >= 4 is 17.3 Å². The second-order valence-electron chi connectivity index (χ2n) is 7.49. The molecule has 2 aromatic carbocycles. The van der Waals surface area contributed by atoms with Gasteiger partial charge in [-0.15, -0.1) is 0 Å². The first kappa shape index (κ1) is 20.2. The molecular formula is C23H31N3O2. The first-order valence-corrected chi connectivity index (χ1v) is 10.1. The maximum absolute atomic E-state index is 12.7. The standard InChI is InChI=1S/C23H31N3O2/c1-18(23(27)24-20-11-13-21(28-3)14-12-20)25(2)17-19-9-5-6-10-22(19)26-15-7-4-8-16-26/h5-6,9-14,18H,4,7-8,15-17H2,1-3H3,(H,24,27). The molecular weight excluding hydrogens is 350 g/mol. The summed E-state index contributed by atoms with van der Waals surface area (Å²) in [5.74, 6) is 0.764. The maximum atomic E-state index is 12.7. The molecule has 1 aliphatic rings. The first-order valence-electron chi connectivity index (χ1n) is 10.1. The lowest BCUT2D eigenvalue weighted by Gasteiger charge is -2.32. The largest absolute Gasteiger partial charge is 0.497 e. The van der Waals surface area contributed by atoms with Crippen LogP contribution in [0, 0.1) is 0 Å². The number of likely N-dealkylation sites (N-methyl/N-ethyl adjacent to an activating group) is 1. The number of methoxy groups -OCH3 is 1. The van der Waals surface area contributed by atoms with Crippen molar-refractivity contribution in [1.29, 1.82) is 0 Å². The quantitative estimate of drug-likeness (QED) is 0.783. The fourth-order valence-electron chi connectivity index (χ4n) is 3.61. The molecule has 0 aromatic heterocycles. The summed E-state index contributed by atoms with van der Waals surface area (Å²) in [6.45, 7) is 4.93. The van der Waals surface area contributed by atoms with Gasteiger partial charge in [0.25, 0.3) is 0 Å². The van der Waals surface area contributed by atoms with E-state index in [1.54, 1.807) is 7.11 Å². The Morgan fingerprint density at radius 2 is 1.79 bits per heavy atom. The molecule has 2 aromatic rings. The summed E-state index contributed by atoms with van der Waals surface area (Å²) in [5, 5.41) is 2.99. The van der Waals surface area contributed by atoms with Crippen molar-refractivity contribution in [3.63, 3.8) is 0 Å². The van der Waals surface area contributed by atoms with Crippen LogP contribution in [0.4, 0.5) is 11.4 Å². The molecule has 1 N–H and O–H groups in total. The number of hydrogen-bond donors (Lipinski definition) is 1. The number of para-hydroxylation sites is 1. The normalized spacial score (nSPS) is 15.4. The Kier molecular flexibility index (Phi) is 6.93. The molecule has 5 nitrogen and oxygen atoms in total. The van der Waals surface area contributed by atoms with Crippen molar-refractivity contribution in [3.05, 3.63) is 54.1 Å². The molecule has 5 heteroatoms. The fraction of sp³-hybridized carbons (Fsp3) is 0.435. The SMILES string of the molecule is COc1ccc(NC(=O)C(C)N(C)Cc2ccccc2N2CCCCC2)cc1. The van der Waals surface area contributed by atoms with Gasteiger partial charge in [0.2, 0.25) is 5.91 Å². The van der Waals surface area contributed by atoms with Gasteiger partial charge in [0, 0.05) is 31.0 Å². The molecule has 0 bridgehead atoms. The Hall–Kier alpha value is -2.53. The Labute approximate surface area is 168 Å². The monoisotopic (exact) mass is 381 g/mol. The molecule has 150 valence electrons. The van der Waals surface area contributed by atoms with E-state index in [4.69, 9.17) is 4.74 Å². The Morgan fingerprint density at radius 3 is 2.46 bits per heavy atom. The summed E-state index contributed by atoms with van der Waals surface area (Å²) in [5.41, 5.74) is 3.35. The number of nitrogens with one attached hydrogen (secondary N) is 1. The number of benzene rings is 2. The molecule has 1 fully saturated rings. The molecule has 0 spiro atoms. The van der Waals surface area contributed by atoms with E-state index in [9.17, 15) is 4.79 Å². The van der Waals surface area contributed by atoms with E-state index in [1.165, 1.54) is 30.5 Å². The summed E-state index contributed by atoms with van der Waals surface area (Å²) in [6.07, 6.45) is 3.83. The number of hydrogen-bond acceptors (Lipinski definition) is 4. The highest BCUT2D eigenvalue weighted by atomic mass is 16.5. The number of carbonyl (C=O) groups is 1. The molecule has 0 radical (unpaired) electrons. The number of ether oxygens (including phenoxy) is 1. The van der Waals surface area contributed by atoms with Crippen LogP contribution in [-0.4, -0.2) is 44.1 Å². The molecule has 3 rings (SSSR count). The van der Waals surface area contributed by atoms with Crippen LogP contribution in [0.2, 0.25) is 0 Å². The highest BCUT2D eigenvalue weighted by Gasteiger charge is 2.21. The van der Waals surface area contributed by atoms with Crippen LogP contribution in [0.3, 0.4) is 0 Å². The molecule has 1 amide bonds. The van der Waals surface area contributed by atoms with Gasteiger partial charge in [0.05, 0.1) is 13.2 Å². The summed E-state index contributed by atoms with van der Waals surface area (Å²) >= 11 is 0. The zero-order valence-corrected chi connectivity index (χ0v) is 17.1. The first-order chi connectivity index (χ1) is 13.6. The Balaban J connectivity index is 1.63. The van der Waals surface area contributed by atoms with Crippen molar-refractivity contribution < 1.29 is 9.53 Å². The zero-order chi connectivity index (χ0) is 19.9.